The molecule has 2 aromatic carbocycles. The summed E-state index contributed by atoms with van der Waals surface area (Å²) in [5.41, 5.74) is 2.03. The highest BCUT2D eigenvalue weighted by Gasteiger charge is 2.13. The first-order chi connectivity index (χ1) is 14.8. The minimum Gasteiger partial charge on any atom is -0.360 e. The van der Waals surface area contributed by atoms with Crippen LogP contribution < -0.4 is 15.8 Å². The predicted octanol–water partition coefficient (Wildman–Crippen LogP) is 2.81. The lowest BCUT2D eigenvalue weighted by atomic mass is 10.1. The number of primary sulfonamides is 1. The number of carbonyl (C=O) groups excluding carboxylic acids is 1. The molecule has 11 heteroatoms. The third-order valence-corrected chi connectivity index (χ3v) is 7.30. The first kappa shape index (κ1) is 23.2. The molecule has 31 heavy (non-hydrogen) atoms. The van der Waals surface area contributed by atoms with E-state index in [9.17, 15) is 13.2 Å². The molecule has 1 unspecified atom stereocenters. The van der Waals surface area contributed by atoms with Crippen LogP contribution in [0.5, 0.6) is 0 Å². The molecule has 8 nitrogen and oxygen atoms in total. The molecule has 3 aromatic rings. The van der Waals surface area contributed by atoms with Gasteiger partial charge in [0.1, 0.15) is 0 Å². The number of aromatic nitrogens is 2. The highest BCUT2D eigenvalue weighted by Crippen LogP contribution is 2.25. The Bertz CT molecular complexity index is 1100. The van der Waals surface area contributed by atoms with Crippen LogP contribution in [0.15, 0.2) is 63.8 Å². The average molecular weight is 478 g/mol. The van der Waals surface area contributed by atoms with Gasteiger partial charge in [-0.15, -0.1) is 10.2 Å². The third kappa shape index (κ3) is 7.31. The van der Waals surface area contributed by atoms with Crippen LogP contribution in [0, 0.1) is 0 Å². The molecule has 1 heterocycles. The molecule has 0 saturated heterocycles. The Kier molecular flexibility index (Phi) is 8.02. The summed E-state index contributed by atoms with van der Waals surface area (Å²) in [5.74, 6) is 0.0555. The van der Waals surface area contributed by atoms with E-state index in [1.54, 1.807) is 12.1 Å². The van der Waals surface area contributed by atoms with E-state index in [1.807, 2.05) is 25.1 Å². The molecule has 0 fully saturated rings. The van der Waals surface area contributed by atoms with Crippen LogP contribution in [-0.4, -0.2) is 36.8 Å². The maximum absolute atomic E-state index is 12.3. The van der Waals surface area contributed by atoms with E-state index in [0.29, 0.717) is 4.34 Å². The van der Waals surface area contributed by atoms with Crippen molar-refractivity contribution in [3.05, 3.63) is 65.7 Å². The van der Waals surface area contributed by atoms with Crippen LogP contribution in [-0.2, 0) is 21.2 Å². The summed E-state index contributed by atoms with van der Waals surface area (Å²) < 4.78 is 23.4. The van der Waals surface area contributed by atoms with Crippen LogP contribution in [0.3, 0.4) is 0 Å². The summed E-state index contributed by atoms with van der Waals surface area (Å²) in [5, 5.41) is 20.2. The Morgan fingerprint density at radius 2 is 1.84 bits per heavy atom. The molecule has 0 aliphatic carbocycles. The van der Waals surface area contributed by atoms with Crippen molar-refractivity contribution >= 4 is 44.2 Å². The molecule has 0 radical (unpaired) electrons. The van der Waals surface area contributed by atoms with Crippen LogP contribution in [0.25, 0.3) is 0 Å². The Morgan fingerprint density at radius 1 is 1.13 bits per heavy atom. The molecule has 3 rings (SSSR count). The minimum absolute atomic E-state index is 0.0368. The highest BCUT2D eigenvalue weighted by molar-refractivity contribution is 8.01. The zero-order valence-electron chi connectivity index (χ0n) is 16.8. The number of amides is 1. The standard InChI is InChI=1S/C20H23N5O3S3/c1-14(16-7-9-17(10-8-16)31(21,27)28)23-18(26)13-29-20-25-24-19(30-20)22-12-11-15-5-3-2-4-6-15/h2-10,14H,11-13H2,1H3,(H,22,24)(H,23,26)(H2,21,27,28). The summed E-state index contributed by atoms with van der Waals surface area (Å²) in [6.07, 6.45) is 0.890. The topological polar surface area (TPSA) is 127 Å². The lowest BCUT2D eigenvalue weighted by molar-refractivity contribution is -0.119. The van der Waals surface area contributed by atoms with Crippen molar-refractivity contribution in [2.45, 2.75) is 28.6 Å². The number of nitrogens with one attached hydrogen (secondary N) is 2. The molecular formula is C20H23N5O3S3. The summed E-state index contributed by atoms with van der Waals surface area (Å²) in [6.45, 7) is 2.58. The second kappa shape index (κ2) is 10.7. The Morgan fingerprint density at radius 3 is 2.52 bits per heavy atom. The van der Waals surface area contributed by atoms with Gasteiger partial charge in [0.15, 0.2) is 4.34 Å². The number of hydrogen-bond acceptors (Lipinski definition) is 8. The van der Waals surface area contributed by atoms with Gasteiger partial charge in [-0.1, -0.05) is 65.6 Å². The number of anilines is 1. The van der Waals surface area contributed by atoms with Gasteiger partial charge in [-0.25, -0.2) is 13.6 Å². The van der Waals surface area contributed by atoms with Crippen molar-refractivity contribution in [3.8, 4) is 0 Å². The molecule has 164 valence electrons. The van der Waals surface area contributed by atoms with E-state index in [1.165, 1.54) is 40.8 Å². The summed E-state index contributed by atoms with van der Waals surface area (Å²) in [6, 6.07) is 16.0. The first-order valence-corrected chi connectivity index (χ1v) is 12.8. The SMILES string of the molecule is CC(NC(=O)CSc1nnc(NCCc2ccccc2)s1)c1ccc(S(N)(=O)=O)cc1. The summed E-state index contributed by atoms with van der Waals surface area (Å²) in [7, 11) is -3.73. The number of nitrogens with two attached hydrogens (primary N) is 1. The minimum atomic E-state index is -3.73. The molecule has 0 aliphatic rings. The van der Waals surface area contributed by atoms with Crippen molar-refractivity contribution in [3.63, 3.8) is 0 Å². The summed E-state index contributed by atoms with van der Waals surface area (Å²) >= 11 is 2.73. The van der Waals surface area contributed by atoms with E-state index in [0.717, 1.165) is 23.7 Å². The quantitative estimate of drug-likeness (QED) is 0.383. The number of carbonyl (C=O) groups is 1. The molecular weight excluding hydrogens is 454 g/mol. The van der Waals surface area contributed by atoms with Crippen LogP contribution in [0.4, 0.5) is 5.13 Å². The Hall–Kier alpha value is -2.47. The number of sulfonamides is 1. The first-order valence-electron chi connectivity index (χ1n) is 9.47. The number of hydrogen-bond donors (Lipinski definition) is 3. The van der Waals surface area contributed by atoms with Gasteiger partial charge in [0.05, 0.1) is 16.7 Å². The van der Waals surface area contributed by atoms with E-state index in [4.69, 9.17) is 5.14 Å². The average Bonchev–Trinajstić information content (AvgIpc) is 3.20. The van der Waals surface area contributed by atoms with E-state index >= 15 is 0 Å². The Balaban J connectivity index is 1.42. The second-order valence-electron chi connectivity index (χ2n) is 6.73. The molecule has 0 spiro atoms. The van der Waals surface area contributed by atoms with Gasteiger partial charge < -0.3 is 10.6 Å². The molecule has 0 aliphatic heterocycles. The molecule has 1 amide bonds. The van der Waals surface area contributed by atoms with Gasteiger partial charge in [-0.2, -0.15) is 0 Å². The number of rotatable bonds is 10. The fourth-order valence-corrected chi connectivity index (χ4v) is 4.84. The lowest BCUT2D eigenvalue weighted by Crippen LogP contribution is -2.28. The van der Waals surface area contributed by atoms with Gasteiger partial charge in [0, 0.05) is 6.54 Å². The molecule has 0 saturated carbocycles. The van der Waals surface area contributed by atoms with Gasteiger partial charge >= 0.3 is 0 Å². The van der Waals surface area contributed by atoms with E-state index < -0.39 is 10.0 Å². The van der Waals surface area contributed by atoms with Gasteiger partial charge in [-0.3, -0.25) is 4.79 Å². The fraction of sp³-hybridized carbons (Fsp3) is 0.250. The predicted molar refractivity (Wildman–Crippen MR) is 124 cm³/mol. The zero-order valence-corrected chi connectivity index (χ0v) is 19.3. The molecule has 1 atom stereocenters. The van der Waals surface area contributed by atoms with Crippen LogP contribution >= 0.6 is 23.1 Å². The maximum Gasteiger partial charge on any atom is 0.238 e. The fourth-order valence-electron chi connectivity index (χ4n) is 2.74. The van der Waals surface area contributed by atoms with Crippen molar-refractivity contribution in [2.75, 3.05) is 17.6 Å². The molecule has 1 aromatic heterocycles. The van der Waals surface area contributed by atoms with Gasteiger partial charge in [-0.05, 0) is 36.6 Å². The van der Waals surface area contributed by atoms with Gasteiger partial charge in [0.2, 0.25) is 21.1 Å². The largest absolute Gasteiger partial charge is 0.360 e. The van der Waals surface area contributed by atoms with Crippen LogP contribution in [0.2, 0.25) is 0 Å². The summed E-state index contributed by atoms with van der Waals surface area (Å²) in [4.78, 5) is 12.3. The van der Waals surface area contributed by atoms with E-state index in [2.05, 4.69) is 33.0 Å². The van der Waals surface area contributed by atoms with E-state index in [-0.39, 0.29) is 22.6 Å². The van der Waals surface area contributed by atoms with Crippen molar-refractivity contribution in [1.82, 2.24) is 15.5 Å². The molecule has 4 N–H and O–H groups in total. The van der Waals surface area contributed by atoms with Crippen molar-refractivity contribution < 1.29 is 13.2 Å². The van der Waals surface area contributed by atoms with Crippen molar-refractivity contribution in [1.29, 1.82) is 0 Å². The second-order valence-corrected chi connectivity index (χ2v) is 10.5. The Labute approximate surface area is 189 Å². The maximum atomic E-state index is 12.3. The number of benzene rings is 2. The van der Waals surface area contributed by atoms with Gasteiger partial charge in [0.25, 0.3) is 0 Å². The molecule has 0 bridgehead atoms. The smallest absolute Gasteiger partial charge is 0.238 e. The zero-order chi connectivity index (χ0) is 22.3. The normalized spacial score (nSPS) is 12.3. The third-order valence-electron chi connectivity index (χ3n) is 4.35. The van der Waals surface area contributed by atoms with Crippen LogP contribution in [0.1, 0.15) is 24.1 Å². The number of nitrogens with zero attached hydrogens (tertiary/aromatic N) is 2. The van der Waals surface area contributed by atoms with Crippen molar-refractivity contribution in [2.24, 2.45) is 5.14 Å². The number of thioether (sulfide) groups is 1. The monoisotopic (exact) mass is 477 g/mol. The lowest BCUT2D eigenvalue weighted by Gasteiger charge is -2.14. The highest BCUT2D eigenvalue weighted by atomic mass is 32.2.